The van der Waals surface area contributed by atoms with Crippen LogP contribution in [0.1, 0.15) is 36.0 Å². The molecule has 3 rings (SSSR count). The molecule has 1 saturated heterocycles. The fourth-order valence-corrected chi connectivity index (χ4v) is 3.22. The summed E-state index contributed by atoms with van der Waals surface area (Å²) < 4.78 is 0. The summed E-state index contributed by atoms with van der Waals surface area (Å²) in [5.74, 6) is -0.549. The highest BCUT2D eigenvalue weighted by atomic mass is 16.6. The van der Waals surface area contributed by atoms with Crippen molar-refractivity contribution >= 4 is 34.7 Å². The minimum Gasteiger partial charge on any atom is -0.393 e. The summed E-state index contributed by atoms with van der Waals surface area (Å²) in [4.78, 5) is 36.9. The molecule has 1 aliphatic rings. The molecule has 29 heavy (non-hydrogen) atoms. The fourth-order valence-electron chi connectivity index (χ4n) is 3.22. The van der Waals surface area contributed by atoms with Crippen LogP contribution in [0.2, 0.25) is 0 Å². The van der Waals surface area contributed by atoms with Crippen LogP contribution in [-0.4, -0.2) is 34.9 Å². The highest BCUT2D eigenvalue weighted by molar-refractivity contribution is 6.09. The van der Waals surface area contributed by atoms with Crippen LogP contribution < -0.4 is 16.4 Å². The molecule has 4 N–H and O–H groups in total. The highest BCUT2D eigenvalue weighted by Crippen LogP contribution is 2.26. The Morgan fingerprint density at radius 1 is 0.931 bits per heavy atom. The van der Waals surface area contributed by atoms with Crippen LogP contribution >= 0.6 is 0 Å². The summed E-state index contributed by atoms with van der Waals surface area (Å²) in [5, 5.41) is 16.5. The lowest BCUT2D eigenvalue weighted by molar-refractivity contribution is -0.383. The predicted molar refractivity (Wildman–Crippen MR) is 111 cm³/mol. The van der Waals surface area contributed by atoms with Gasteiger partial charge in [-0.15, -0.1) is 0 Å². The van der Waals surface area contributed by atoms with Crippen LogP contribution in [-0.2, 0) is 0 Å². The van der Waals surface area contributed by atoms with Crippen molar-refractivity contribution in [2.45, 2.75) is 25.7 Å². The second kappa shape index (κ2) is 9.05. The molecule has 0 radical (unpaired) electrons. The largest absolute Gasteiger partial charge is 0.393 e. The molecule has 9 heteroatoms. The number of nitrogens with one attached hydrogen (secondary N) is 2. The lowest BCUT2D eigenvalue weighted by atomic mass is 10.1. The van der Waals surface area contributed by atoms with E-state index in [1.165, 1.54) is 18.2 Å². The molecule has 0 unspecified atom stereocenters. The van der Waals surface area contributed by atoms with Crippen molar-refractivity contribution in [2.24, 2.45) is 0 Å². The number of para-hydroxylation sites is 1. The van der Waals surface area contributed by atoms with Crippen molar-refractivity contribution in [2.75, 3.05) is 29.5 Å². The van der Waals surface area contributed by atoms with Gasteiger partial charge in [-0.25, -0.2) is 4.79 Å². The molecule has 9 nitrogen and oxygen atoms in total. The van der Waals surface area contributed by atoms with Crippen molar-refractivity contribution < 1.29 is 14.5 Å². The van der Waals surface area contributed by atoms with Gasteiger partial charge in [-0.05, 0) is 43.2 Å². The number of nitro groups is 1. The summed E-state index contributed by atoms with van der Waals surface area (Å²) in [7, 11) is 0. The number of carbonyl (C=O) groups is 2. The van der Waals surface area contributed by atoms with Crippen molar-refractivity contribution in [3.8, 4) is 0 Å². The summed E-state index contributed by atoms with van der Waals surface area (Å²) in [6, 6.07) is 10.6. The first-order chi connectivity index (χ1) is 14.0. The molecule has 0 atom stereocenters. The predicted octanol–water partition coefficient (Wildman–Crippen LogP) is 3.84. The number of urea groups is 1. The number of amides is 3. The number of hydrogen-bond acceptors (Lipinski definition) is 5. The lowest BCUT2D eigenvalue weighted by Gasteiger charge is -2.20. The molecule has 2 aromatic rings. The topological polar surface area (TPSA) is 131 Å². The Morgan fingerprint density at radius 3 is 2.10 bits per heavy atom. The maximum absolute atomic E-state index is 12.4. The Labute approximate surface area is 168 Å². The number of nitrogen functional groups attached to an aromatic ring is 1. The third-order valence-electron chi connectivity index (χ3n) is 4.81. The van der Waals surface area contributed by atoms with Gasteiger partial charge in [0.2, 0.25) is 0 Å². The van der Waals surface area contributed by atoms with E-state index in [4.69, 9.17) is 5.73 Å². The fraction of sp³-hybridized carbons (Fsp3) is 0.300. The van der Waals surface area contributed by atoms with Gasteiger partial charge in [-0.3, -0.25) is 14.9 Å². The van der Waals surface area contributed by atoms with Gasteiger partial charge in [-0.2, -0.15) is 0 Å². The van der Waals surface area contributed by atoms with Crippen LogP contribution in [0.15, 0.2) is 42.5 Å². The van der Waals surface area contributed by atoms with Crippen LogP contribution in [0.3, 0.4) is 0 Å². The second-order valence-electron chi connectivity index (χ2n) is 6.86. The number of nitrogens with two attached hydrogens (primary N) is 1. The van der Waals surface area contributed by atoms with E-state index in [0.29, 0.717) is 11.4 Å². The van der Waals surface area contributed by atoms with Crippen molar-refractivity contribution in [3.63, 3.8) is 0 Å². The molecule has 1 aliphatic heterocycles. The normalized spacial score (nSPS) is 14.0. The molecule has 3 amide bonds. The number of hydrogen-bond donors (Lipinski definition) is 3. The van der Waals surface area contributed by atoms with Crippen molar-refractivity contribution in [1.29, 1.82) is 0 Å². The SMILES string of the molecule is Nc1c(C(=O)Nc2ccc(NC(=O)N3CCCCCC3)cc2)cccc1[N+](=O)[O-]. The molecule has 0 saturated carbocycles. The van der Waals surface area contributed by atoms with Gasteiger partial charge in [0.25, 0.3) is 11.6 Å². The maximum atomic E-state index is 12.4. The lowest BCUT2D eigenvalue weighted by Crippen LogP contribution is -2.35. The van der Waals surface area contributed by atoms with Crippen LogP contribution in [0.25, 0.3) is 0 Å². The van der Waals surface area contributed by atoms with Crippen molar-refractivity contribution in [3.05, 3.63) is 58.1 Å². The molecule has 2 aromatic carbocycles. The maximum Gasteiger partial charge on any atom is 0.321 e. The van der Waals surface area contributed by atoms with Gasteiger partial charge < -0.3 is 21.3 Å². The van der Waals surface area contributed by atoms with E-state index in [1.807, 2.05) is 4.90 Å². The molecular formula is C20H23N5O4. The monoisotopic (exact) mass is 397 g/mol. The zero-order chi connectivity index (χ0) is 20.8. The number of nitro benzene ring substituents is 1. The van der Waals surface area contributed by atoms with Gasteiger partial charge in [0.1, 0.15) is 5.69 Å². The van der Waals surface area contributed by atoms with Crippen LogP contribution in [0, 0.1) is 10.1 Å². The molecule has 0 spiro atoms. The van der Waals surface area contributed by atoms with Gasteiger partial charge in [-0.1, -0.05) is 18.9 Å². The summed E-state index contributed by atoms with van der Waals surface area (Å²) >= 11 is 0. The summed E-state index contributed by atoms with van der Waals surface area (Å²) in [5.41, 5.74) is 6.37. The first-order valence-electron chi connectivity index (χ1n) is 9.46. The average Bonchev–Trinajstić information content (AvgIpc) is 2.99. The summed E-state index contributed by atoms with van der Waals surface area (Å²) in [6.45, 7) is 1.51. The van der Waals surface area contributed by atoms with Crippen LogP contribution in [0.4, 0.5) is 27.5 Å². The Morgan fingerprint density at radius 2 is 1.52 bits per heavy atom. The molecular weight excluding hydrogens is 374 g/mol. The van der Waals surface area contributed by atoms with E-state index in [1.54, 1.807) is 24.3 Å². The smallest absolute Gasteiger partial charge is 0.321 e. The minimum absolute atomic E-state index is 0.0257. The number of nitrogens with zero attached hydrogens (tertiary/aromatic N) is 2. The van der Waals surface area contributed by atoms with Crippen LogP contribution in [0.5, 0.6) is 0 Å². The molecule has 0 aliphatic carbocycles. The highest BCUT2D eigenvalue weighted by Gasteiger charge is 2.19. The zero-order valence-electron chi connectivity index (χ0n) is 15.9. The zero-order valence-corrected chi connectivity index (χ0v) is 15.9. The van der Waals surface area contributed by atoms with E-state index >= 15 is 0 Å². The first-order valence-corrected chi connectivity index (χ1v) is 9.46. The first kappa shape index (κ1) is 20.1. The number of benzene rings is 2. The number of likely N-dealkylation sites (tertiary alicyclic amines) is 1. The molecule has 0 bridgehead atoms. The van der Waals surface area contributed by atoms with Gasteiger partial charge in [0, 0.05) is 30.5 Å². The average molecular weight is 397 g/mol. The van der Waals surface area contributed by atoms with Gasteiger partial charge in [0.15, 0.2) is 0 Å². The van der Waals surface area contributed by atoms with E-state index in [2.05, 4.69) is 10.6 Å². The molecule has 152 valence electrons. The van der Waals surface area contributed by atoms with Crippen molar-refractivity contribution in [1.82, 2.24) is 4.90 Å². The Bertz CT molecular complexity index is 906. The van der Waals surface area contributed by atoms with Gasteiger partial charge in [0.05, 0.1) is 10.5 Å². The Hall–Kier alpha value is -3.62. The third-order valence-corrected chi connectivity index (χ3v) is 4.81. The van der Waals surface area contributed by atoms with E-state index in [9.17, 15) is 19.7 Å². The Balaban J connectivity index is 1.63. The Kier molecular flexibility index (Phi) is 6.28. The summed E-state index contributed by atoms with van der Waals surface area (Å²) in [6.07, 6.45) is 4.32. The molecule has 0 aromatic heterocycles. The second-order valence-corrected chi connectivity index (χ2v) is 6.86. The number of anilines is 3. The molecule has 1 fully saturated rings. The van der Waals surface area contributed by atoms with E-state index in [-0.39, 0.29) is 23.0 Å². The number of rotatable bonds is 4. The van der Waals surface area contributed by atoms with E-state index in [0.717, 1.165) is 38.8 Å². The number of carbonyl (C=O) groups excluding carboxylic acids is 2. The van der Waals surface area contributed by atoms with Gasteiger partial charge >= 0.3 is 6.03 Å². The quantitative estimate of drug-likeness (QED) is 0.410. The third kappa shape index (κ3) is 5.01. The standard InChI is InChI=1S/C20H23N5O4/c21-18-16(6-5-7-17(18)25(28)29)19(26)22-14-8-10-15(11-9-14)23-20(27)24-12-3-1-2-4-13-24/h5-11H,1-4,12-13,21H2,(H,22,26)(H,23,27). The minimum atomic E-state index is -0.631. The molecule has 1 heterocycles. The van der Waals surface area contributed by atoms with E-state index < -0.39 is 10.8 Å².